The van der Waals surface area contributed by atoms with Gasteiger partial charge in [-0.3, -0.25) is 9.59 Å². The molecule has 224 valence electrons. The van der Waals surface area contributed by atoms with Gasteiger partial charge in [0.25, 0.3) is 5.91 Å². The van der Waals surface area contributed by atoms with Gasteiger partial charge in [-0.05, 0) is 67.6 Å². The highest BCUT2D eigenvalue weighted by Crippen LogP contribution is 2.38. The highest BCUT2D eigenvalue weighted by atomic mass is 19.4. The van der Waals surface area contributed by atoms with Crippen LogP contribution in [0.4, 0.5) is 34.8 Å². The number of carbonyl (C=O) groups is 2. The Hall–Kier alpha value is -4.78. The topological polar surface area (TPSA) is 130 Å². The average Bonchev–Trinajstić information content (AvgIpc) is 2.93. The van der Waals surface area contributed by atoms with Gasteiger partial charge < -0.3 is 26.6 Å². The number of benzene rings is 3. The van der Waals surface area contributed by atoms with E-state index in [0.717, 1.165) is 6.07 Å². The third-order valence-electron chi connectivity index (χ3n) is 7.40. The molecule has 1 fully saturated rings. The van der Waals surface area contributed by atoms with Crippen molar-refractivity contribution >= 4 is 39.9 Å². The lowest BCUT2D eigenvalue weighted by Gasteiger charge is -2.35. The number of likely N-dealkylation sites (N-methyl/N-ethyl adjacent to an activating group) is 1. The van der Waals surface area contributed by atoms with Crippen LogP contribution in [0.2, 0.25) is 0 Å². The van der Waals surface area contributed by atoms with Crippen molar-refractivity contribution in [3.63, 3.8) is 0 Å². The smallest absolute Gasteiger partial charge is 0.383 e. The van der Waals surface area contributed by atoms with Crippen LogP contribution in [0.25, 0.3) is 22.0 Å². The van der Waals surface area contributed by atoms with Gasteiger partial charge in [-0.25, -0.2) is 14.4 Å². The first-order valence-electron chi connectivity index (χ1n) is 13.4. The van der Waals surface area contributed by atoms with Crippen LogP contribution in [-0.4, -0.2) is 59.9 Å². The van der Waals surface area contributed by atoms with Crippen LogP contribution in [0.5, 0.6) is 0 Å². The molecule has 1 saturated heterocycles. The van der Waals surface area contributed by atoms with Gasteiger partial charge in [0.1, 0.15) is 17.5 Å². The van der Waals surface area contributed by atoms with E-state index in [9.17, 15) is 22.8 Å². The molecule has 0 spiro atoms. The molecule has 1 aromatic heterocycles. The summed E-state index contributed by atoms with van der Waals surface area (Å²) in [5, 5.41) is 2.59. The second kappa shape index (κ2) is 11.5. The highest BCUT2D eigenvalue weighted by Gasteiger charge is 2.36. The number of aromatic nitrogens is 2. The molecule has 0 radical (unpaired) electrons. The molecule has 2 amide bonds. The second-order valence-electron chi connectivity index (χ2n) is 10.5. The van der Waals surface area contributed by atoms with Crippen molar-refractivity contribution in [1.29, 1.82) is 0 Å². The van der Waals surface area contributed by atoms with Crippen molar-refractivity contribution in [3.05, 3.63) is 76.9 Å². The van der Waals surface area contributed by atoms with Gasteiger partial charge in [0, 0.05) is 48.7 Å². The Kier molecular flexibility index (Phi) is 7.93. The molecule has 2 heterocycles. The van der Waals surface area contributed by atoms with E-state index in [1.54, 1.807) is 24.0 Å². The molecule has 1 aliphatic heterocycles. The Morgan fingerprint density at radius 2 is 1.70 bits per heavy atom. The maximum Gasteiger partial charge on any atom is 0.418 e. The summed E-state index contributed by atoms with van der Waals surface area (Å²) in [5.41, 5.74) is 11.9. The van der Waals surface area contributed by atoms with Crippen molar-refractivity contribution in [2.45, 2.75) is 19.5 Å². The molecule has 0 atom stereocenters. The number of amides is 2. The summed E-state index contributed by atoms with van der Waals surface area (Å²) in [6.07, 6.45) is -4.92. The minimum absolute atomic E-state index is 0.0338. The zero-order valence-electron chi connectivity index (χ0n) is 23.4. The number of nitrogens with one attached hydrogen (secondary N) is 1. The summed E-state index contributed by atoms with van der Waals surface area (Å²) in [7, 11) is 1.91. The molecular formula is C30H29F4N7O2. The standard InChI is InChI=1S/C30H29F4N7O2/c1-16-3-5-18(14-20(16)19-6-7-22-26(27(19)31)28(36)39-25(38-22)15-24(35)42)37-29(43)17-4-8-23(21(13-17)30(32,33)34)41-11-9-40(2)10-12-41/h3-8,13-14H,9-12,15H2,1-2H3,(H2,35,42)(H,37,43)(H2,36,38,39). The normalized spacial score (nSPS) is 14.2. The summed E-state index contributed by atoms with van der Waals surface area (Å²) in [4.78, 5) is 36.2. The number of nitrogens with zero attached hydrogens (tertiary/aromatic N) is 4. The number of rotatable bonds is 6. The fourth-order valence-electron chi connectivity index (χ4n) is 5.13. The molecule has 4 aromatic rings. The molecule has 9 nitrogen and oxygen atoms in total. The Morgan fingerprint density at radius 3 is 2.37 bits per heavy atom. The van der Waals surface area contributed by atoms with E-state index >= 15 is 4.39 Å². The fraction of sp³-hybridized carbons (Fsp3) is 0.267. The van der Waals surface area contributed by atoms with Gasteiger partial charge >= 0.3 is 6.18 Å². The van der Waals surface area contributed by atoms with E-state index in [2.05, 4.69) is 15.3 Å². The third kappa shape index (κ3) is 6.21. The number of nitrogens with two attached hydrogens (primary N) is 2. The molecule has 0 saturated carbocycles. The van der Waals surface area contributed by atoms with E-state index < -0.39 is 29.4 Å². The first-order chi connectivity index (χ1) is 20.3. The maximum atomic E-state index is 15.8. The summed E-state index contributed by atoms with van der Waals surface area (Å²) in [6, 6.07) is 11.3. The fourth-order valence-corrected chi connectivity index (χ4v) is 5.13. The number of aryl methyl sites for hydroxylation is 1. The van der Waals surface area contributed by atoms with E-state index in [4.69, 9.17) is 11.5 Å². The van der Waals surface area contributed by atoms with Crippen LogP contribution in [0.1, 0.15) is 27.3 Å². The second-order valence-corrected chi connectivity index (χ2v) is 10.5. The van der Waals surface area contributed by atoms with Crippen LogP contribution in [0.15, 0.2) is 48.5 Å². The van der Waals surface area contributed by atoms with Crippen molar-refractivity contribution in [3.8, 4) is 11.1 Å². The first-order valence-corrected chi connectivity index (χ1v) is 13.4. The van der Waals surface area contributed by atoms with Gasteiger partial charge in [0.05, 0.1) is 22.9 Å². The Labute approximate surface area is 244 Å². The number of piperazine rings is 1. The predicted molar refractivity (Wildman–Crippen MR) is 156 cm³/mol. The van der Waals surface area contributed by atoms with E-state index in [1.165, 1.54) is 30.3 Å². The maximum absolute atomic E-state index is 15.8. The van der Waals surface area contributed by atoms with Crippen LogP contribution >= 0.6 is 0 Å². The number of alkyl halides is 3. The highest BCUT2D eigenvalue weighted by molar-refractivity contribution is 6.05. The number of hydrogen-bond acceptors (Lipinski definition) is 7. The van der Waals surface area contributed by atoms with Gasteiger partial charge in [-0.2, -0.15) is 13.2 Å². The molecule has 43 heavy (non-hydrogen) atoms. The van der Waals surface area contributed by atoms with Gasteiger partial charge in [0.15, 0.2) is 0 Å². The number of halogens is 4. The number of fused-ring (bicyclic) bond motifs is 1. The molecule has 0 unspecified atom stereocenters. The van der Waals surface area contributed by atoms with Crippen LogP contribution < -0.4 is 21.7 Å². The van der Waals surface area contributed by atoms with Crippen molar-refractivity contribution in [1.82, 2.24) is 14.9 Å². The molecule has 0 bridgehead atoms. The minimum Gasteiger partial charge on any atom is -0.383 e. The van der Waals surface area contributed by atoms with E-state index in [1.807, 2.05) is 11.9 Å². The number of carbonyl (C=O) groups excluding carboxylic acids is 2. The largest absolute Gasteiger partial charge is 0.418 e. The summed E-state index contributed by atoms with van der Waals surface area (Å²) < 4.78 is 57.9. The zero-order chi connectivity index (χ0) is 31.1. The van der Waals surface area contributed by atoms with Crippen molar-refractivity contribution < 1.29 is 27.2 Å². The molecule has 0 aliphatic carbocycles. The third-order valence-corrected chi connectivity index (χ3v) is 7.40. The summed E-state index contributed by atoms with van der Waals surface area (Å²) >= 11 is 0. The number of anilines is 3. The first kappa shape index (κ1) is 29.7. The lowest BCUT2D eigenvalue weighted by atomic mass is 9.97. The Balaban J connectivity index is 1.45. The van der Waals surface area contributed by atoms with Crippen molar-refractivity contribution in [2.24, 2.45) is 5.73 Å². The molecule has 5 rings (SSSR count). The van der Waals surface area contributed by atoms with Crippen molar-refractivity contribution in [2.75, 3.05) is 49.2 Å². The van der Waals surface area contributed by atoms with E-state index in [-0.39, 0.29) is 51.5 Å². The molecular weight excluding hydrogens is 566 g/mol. The van der Waals surface area contributed by atoms with Crippen LogP contribution in [0, 0.1) is 12.7 Å². The SMILES string of the molecule is Cc1ccc(NC(=O)c2ccc(N3CCN(C)CC3)c(C(F)(F)F)c2)cc1-c1ccc2nc(CC(N)=O)nc(N)c2c1F. The summed E-state index contributed by atoms with van der Waals surface area (Å²) in [5.74, 6) is -2.21. The summed E-state index contributed by atoms with van der Waals surface area (Å²) in [6.45, 7) is 3.88. The number of hydrogen-bond donors (Lipinski definition) is 3. The lowest BCUT2D eigenvalue weighted by molar-refractivity contribution is -0.137. The Morgan fingerprint density at radius 1 is 0.977 bits per heavy atom. The van der Waals surface area contributed by atoms with Gasteiger partial charge in [-0.1, -0.05) is 6.07 Å². The van der Waals surface area contributed by atoms with E-state index in [0.29, 0.717) is 37.3 Å². The monoisotopic (exact) mass is 595 g/mol. The molecule has 3 aromatic carbocycles. The zero-order valence-corrected chi connectivity index (χ0v) is 23.4. The van der Waals surface area contributed by atoms with Gasteiger partial charge in [0.2, 0.25) is 5.91 Å². The quantitative estimate of drug-likeness (QED) is 0.282. The predicted octanol–water partition coefficient (Wildman–Crippen LogP) is 4.38. The molecule has 13 heteroatoms. The lowest BCUT2D eigenvalue weighted by Crippen LogP contribution is -2.45. The van der Waals surface area contributed by atoms with Crippen LogP contribution in [-0.2, 0) is 17.4 Å². The van der Waals surface area contributed by atoms with Crippen LogP contribution in [0.3, 0.4) is 0 Å². The van der Waals surface area contributed by atoms with Gasteiger partial charge in [-0.15, -0.1) is 0 Å². The molecule has 5 N–H and O–H groups in total. The number of primary amides is 1. The average molecular weight is 596 g/mol. The minimum atomic E-state index is -4.66. The number of nitrogen functional groups attached to an aromatic ring is 1. The molecule has 1 aliphatic rings. The Bertz CT molecular complexity index is 1730.